The number of aromatic nitrogens is 1. The van der Waals surface area contributed by atoms with Crippen molar-refractivity contribution in [1.29, 1.82) is 10.5 Å². The number of aromatic hydroxyl groups is 1. The SMILES string of the molecule is CCCCCn1c(O)c(/N=N/c2c(C#N)cc3c(c2Br)C(=O)N(CC)C3=O)c(C)c(C#N)c1=O. The molecule has 11 heteroatoms. The molecule has 10 nitrogen and oxygen atoms in total. The predicted octanol–water partition coefficient (Wildman–Crippen LogP) is 4.59. The van der Waals surface area contributed by atoms with Gasteiger partial charge in [-0.3, -0.25) is 23.9 Å². The maximum atomic E-state index is 12.7. The molecule has 0 saturated heterocycles. The minimum absolute atomic E-state index is 0.0117. The van der Waals surface area contributed by atoms with Crippen molar-refractivity contribution in [1.82, 2.24) is 9.47 Å². The Balaban J connectivity index is 2.19. The van der Waals surface area contributed by atoms with Gasteiger partial charge in [0.1, 0.15) is 23.4 Å². The Morgan fingerprint density at radius 3 is 2.32 bits per heavy atom. The summed E-state index contributed by atoms with van der Waals surface area (Å²) in [6, 6.07) is 5.08. The zero-order chi connectivity index (χ0) is 25.2. The largest absolute Gasteiger partial charge is 0.493 e. The van der Waals surface area contributed by atoms with E-state index in [9.17, 15) is 30.0 Å². The van der Waals surface area contributed by atoms with Crippen LogP contribution in [0.15, 0.2) is 25.6 Å². The van der Waals surface area contributed by atoms with Crippen LogP contribution in [-0.4, -0.2) is 32.9 Å². The Labute approximate surface area is 203 Å². The summed E-state index contributed by atoms with van der Waals surface area (Å²) < 4.78 is 1.20. The molecule has 0 spiro atoms. The average molecular weight is 525 g/mol. The van der Waals surface area contributed by atoms with E-state index in [1.807, 2.05) is 19.1 Å². The van der Waals surface area contributed by atoms with Gasteiger partial charge in [0.25, 0.3) is 17.4 Å². The van der Waals surface area contributed by atoms with E-state index in [1.165, 1.54) is 13.0 Å². The number of carbonyl (C=O) groups is 2. The zero-order valence-electron chi connectivity index (χ0n) is 18.8. The van der Waals surface area contributed by atoms with Crippen LogP contribution >= 0.6 is 15.9 Å². The predicted molar refractivity (Wildman–Crippen MR) is 125 cm³/mol. The number of pyridine rings is 1. The van der Waals surface area contributed by atoms with Crippen LogP contribution < -0.4 is 5.56 Å². The fourth-order valence-corrected chi connectivity index (χ4v) is 4.42. The quantitative estimate of drug-likeness (QED) is 0.317. The summed E-state index contributed by atoms with van der Waals surface area (Å²) in [5, 5.41) is 38.0. The molecule has 3 rings (SSSR count). The van der Waals surface area contributed by atoms with E-state index in [0.717, 1.165) is 22.3 Å². The highest BCUT2D eigenvalue weighted by atomic mass is 79.9. The first-order valence-electron chi connectivity index (χ1n) is 10.6. The number of amides is 2. The minimum atomic E-state index is -0.618. The Kier molecular flexibility index (Phi) is 7.28. The van der Waals surface area contributed by atoms with Gasteiger partial charge in [0.05, 0.1) is 21.2 Å². The molecule has 0 fully saturated rings. The Morgan fingerprint density at radius 2 is 1.74 bits per heavy atom. The van der Waals surface area contributed by atoms with Gasteiger partial charge >= 0.3 is 0 Å². The molecular weight excluding hydrogens is 504 g/mol. The van der Waals surface area contributed by atoms with Gasteiger partial charge < -0.3 is 5.11 Å². The van der Waals surface area contributed by atoms with E-state index in [4.69, 9.17) is 0 Å². The topological polar surface area (TPSA) is 152 Å². The number of hydrogen-bond donors (Lipinski definition) is 1. The van der Waals surface area contributed by atoms with Crippen molar-refractivity contribution >= 4 is 39.1 Å². The molecule has 34 heavy (non-hydrogen) atoms. The maximum absolute atomic E-state index is 12.7. The van der Waals surface area contributed by atoms with Crippen molar-refractivity contribution < 1.29 is 14.7 Å². The molecule has 0 unspecified atom stereocenters. The molecule has 2 amide bonds. The number of carbonyl (C=O) groups excluding carboxylic acids is 2. The van der Waals surface area contributed by atoms with Crippen molar-refractivity contribution in [3.05, 3.63) is 48.7 Å². The lowest BCUT2D eigenvalue weighted by Crippen LogP contribution is -2.29. The standard InChI is InChI=1S/C23H21BrN6O4/c1-4-6-7-8-30-21(32)15(11-26)12(3)18(23(30)34)27-28-19-13(10-25)9-14-16(17(19)24)22(33)29(5-2)20(14)31/h9,34H,4-8H2,1-3H3/b28-27+. The summed E-state index contributed by atoms with van der Waals surface area (Å²) in [7, 11) is 0. The number of halogens is 1. The molecule has 1 aromatic heterocycles. The first-order valence-corrected chi connectivity index (χ1v) is 11.4. The Hall–Kier alpha value is -3.83. The monoisotopic (exact) mass is 524 g/mol. The number of benzene rings is 1. The lowest BCUT2D eigenvalue weighted by molar-refractivity contribution is 0.0662. The number of rotatable bonds is 7. The third-order valence-corrected chi connectivity index (χ3v) is 6.39. The van der Waals surface area contributed by atoms with Gasteiger partial charge in [0, 0.05) is 18.7 Å². The smallest absolute Gasteiger partial charge is 0.271 e. The number of nitrogens with zero attached hydrogens (tertiary/aromatic N) is 6. The maximum Gasteiger partial charge on any atom is 0.271 e. The van der Waals surface area contributed by atoms with Gasteiger partial charge in [-0.1, -0.05) is 19.8 Å². The molecule has 1 N–H and O–H groups in total. The van der Waals surface area contributed by atoms with E-state index in [2.05, 4.69) is 26.2 Å². The molecule has 0 atom stereocenters. The molecule has 0 bridgehead atoms. The molecule has 1 aliphatic rings. The third-order valence-electron chi connectivity index (χ3n) is 5.62. The van der Waals surface area contributed by atoms with Crippen molar-refractivity contribution in [2.24, 2.45) is 10.2 Å². The summed E-state index contributed by atoms with van der Waals surface area (Å²) in [5.41, 5.74) is -0.610. The molecule has 0 aliphatic carbocycles. The van der Waals surface area contributed by atoms with Crippen LogP contribution in [0.1, 0.15) is 70.5 Å². The highest BCUT2D eigenvalue weighted by Crippen LogP contribution is 2.41. The van der Waals surface area contributed by atoms with Gasteiger partial charge in [-0.05, 0) is 42.3 Å². The summed E-state index contributed by atoms with van der Waals surface area (Å²) in [5.74, 6) is -1.47. The summed E-state index contributed by atoms with van der Waals surface area (Å²) in [6.45, 7) is 5.49. The lowest BCUT2D eigenvalue weighted by atomic mass is 10.0. The van der Waals surface area contributed by atoms with Crippen LogP contribution in [0.4, 0.5) is 11.4 Å². The molecule has 0 radical (unpaired) electrons. The van der Waals surface area contributed by atoms with Gasteiger partial charge in [0.2, 0.25) is 5.88 Å². The lowest BCUT2D eigenvalue weighted by Gasteiger charge is -2.13. The first kappa shape index (κ1) is 24.8. The number of hydrogen-bond acceptors (Lipinski definition) is 8. The molecule has 2 aromatic rings. The van der Waals surface area contributed by atoms with Crippen molar-refractivity contribution in [2.75, 3.05) is 6.54 Å². The number of azo groups is 1. The van der Waals surface area contributed by atoms with Crippen LogP contribution in [0.5, 0.6) is 5.88 Å². The van der Waals surface area contributed by atoms with Crippen LogP contribution in [-0.2, 0) is 6.54 Å². The normalized spacial score (nSPS) is 12.8. The minimum Gasteiger partial charge on any atom is -0.493 e. The van der Waals surface area contributed by atoms with Crippen molar-refractivity contribution in [3.63, 3.8) is 0 Å². The van der Waals surface area contributed by atoms with Crippen LogP contribution in [0, 0.1) is 29.6 Å². The van der Waals surface area contributed by atoms with Crippen molar-refractivity contribution in [3.8, 4) is 18.0 Å². The van der Waals surface area contributed by atoms with E-state index < -0.39 is 23.3 Å². The van der Waals surface area contributed by atoms with Gasteiger partial charge in [-0.15, -0.1) is 10.2 Å². The molecule has 1 aliphatic heterocycles. The third kappa shape index (κ3) is 3.99. The van der Waals surface area contributed by atoms with E-state index in [1.54, 1.807) is 6.92 Å². The number of imide groups is 1. The molecular formula is C23H21BrN6O4. The molecule has 2 heterocycles. The second-order valence-corrected chi connectivity index (χ2v) is 8.42. The molecule has 174 valence electrons. The zero-order valence-corrected chi connectivity index (χ0v) is 20.4. The summed E-state index contributed by atoms with van der Waals surface area (Å²) in [4.78, 5) is 38.9. The fraction of sp³-hybridized carbons (Fsp3) is 0.348. The summed E-state index contributed by atoms with van der Waals surface area (Å²) in [6.07, 6.45) is 2.35. The second-order valence-electron chi connectivity index (χ2n) is 7.62. The van der Waals surface area contributed by atoms with Crippen LogP contribution in [0.25, 0.3) is 0 Å². The molecule has 0 saturated carbocycles. The average Bonchev–Trinajstić information content (AvgIpc) is 3.06. The Morgan fingerprint density at radius 1 is 1.06 bits per heavy atom. The van der Waals surface area contributed by atoms with E-state index >= 15 is 0 Å². The first-order chi connectivity index (χ1) is 16.2. The van der Waals surface area contributed by atoms with Crippen LogP contribution in [0.2, 0.25) is 0 Å². The van der Waals surface area contributed by atoms with Gasteiger partial charge in [-0.2, -0.15) is 10.5 Å². The molecule has 1 aromatic carbocycles. The summed E-state index contributed by atoms with van der Waals surface area (Å²) >= 11 is 3.28. The van der Waals surface area contributed by atoms with Crippen LogP contribution in [0.3, 0.4) is 0 Å². The Bertz CT molecular complexity index is 1380. The highest BCUT2D eigenvalue weighted by Gasteiger charge is 2.38. The fourth-order valence-electron chi connectivity index (χ4n) is 3.74. The number of fused-ring (bicyclic) bond motifs is 1. The second kappa shape index (κ2) is 9.98. The van der Waals surface area contributed by atoms with E-state index in [-0.39, 0.29) is 56.8 Å². The highest BCUT2D eigenvalue weighted by molar-refractivity contribution is 9.10. The number of nitriles is 2. The van der Waals surface area contributed by atoms with Gasteiger partial charge in [0.15, 0.2) is 5.69 Å². The van der Waals surface area contributed by atoms with Crippen molar-refractivity contribution in [2.45, 2.75) is 46.6 Å². The van der Waals surface area contributed by atoms with E-state index in [0.29, 0.717) is 6.42 Å². The number of unbranched alkanes of at least 4 members (excludes halogenated alkanes) is 2. The van der Waals surface area contributed by atoms with Gasteiger partial charge in [-0.25, -0.2) is 0 Å².